The van der Waals surface area contributed by atoms with Crippen molar-refractivity contribution < 1.29 is 4.79 Å². The third-order valence-corrected chi connectivity index (χ3v) is 2.98. The van der Waals surface area contributed by atoms with Crippen LogP contribution in [-0.4, -0.2) is 17.4 Å². The second kappa shape index (κ2) is 6.80. The van der Waals surface area contributed by atoms with E-state index >= 15 is 0 Å². The number of hydrogen-bond acceptors (Lipinski definition) is 2. The maximum absolute atomic E-state index is 12.3. The van der Waals surface area contributed by atoms with Crippen LogP contribution in [0, 0.1) is 23.2 Å². The average molecular weight is 244 g/mol. The molecule has 1 unspecified atom stereocenters. The standard InChI is InChI=1S/C15H20N2O/c1-4-17(11-13-8-6-5-7-9-13)15(18)14(10-16)12(2)3/h5-9,12,14H,4,11H2,1-3H3. The van der Waals surface area contributed by atoms with Crippen molar-refractivity contribution in [3.8, 4) is 6.07 Å². The molecule has 0 aliphatic heterocycles. The summed E-state index contributed by atoms with van der Waals surface area (Å²) in [6.07, 6.45) is 0. The van der Waals surface area contributed by atoms with Crippen molar-refractivity contribution in [3.63, 3.8) is 0 Å². The van der Waals surface area contributed by atoms with Crippen LogP contribution in [0.15, 0.2) is 30.3 Å². The smallest absolute Gasteiger partial charge is 0.240 e. The first-order valence-electron chi connectivity index (χ1n) is 6.32. The molecule has 1 atom stereocenters. The highest BCUT2D eigenvalue weighted by atomic mass is 16.2. The molecule has 0 radical (unpaired) electrons. The summed E-state index contributed by atoms with van der Waals surface area (Å²) in [5.41, 5.74) is 1.09. The van der Waals surface area contributed by atoms with Gasteiger partial charge in [0.1, 0.15) is 5.92 Å². The lowest BCUT2D eigenvalue weighted by atomic mass is 9.96. The molecule has 96 valence electrons. The van der Waals surface area contributed by atoms with Crippen LogP contribution in [0.2, 0.25) is 0 Å². The molecule has 1 amide bonds. The van der Waals surface area contributed by atoms with Crippen LogP contribution in [0.1, 0.15) is 26.3 Å². The molecular weight excluding hydrogens is 224 g/mol. The zero-order valence-electron chi connectivity index (χ0n) is 11.3. The second-order valence-corrected chi connectivity index (χ2v) is 4.69. The molecule has 0 heterocycles. The van der Waals surface area contributed by atoms with E-state index in [4.69, 9.17) is 5.26 Å². The zero-order valence-corrected chi connectivity index (χ0v) is 11.3. The molecule has 0 spiro atoms. The molecule has 0 saturated heterocycles. The van der Waals surface area contributed by atoms with Crippen molar-refractivity contribution in [1.29, 1.82) is 5.26 Å². The van der Waals surface area contributed by atoms with E-state index in [-0.39, 0.29) is 11.8 Å². The Morgan fingerprint density at radius 2 is 1.94 bits per heavy atom. The van der Waals surface area contributed by atoms with Gasteiger partial charge in [0.15, 0.2) is 0 Å². The van der Waals surface area contributed by atoms with Gasteiger partial charge in [0.05, 0.1) is 6.07 Å². The first-order chi connectivity index (χ1) is 8.60. The van der Waals surface area contributed by atoms with Gasteiger partial charge in [-0.3, -0.25) is 4.79 Å². The van der Waals surface area contributed by atoms with Crippen molar-refractivity contribution >= 4 is 5.91 Å². The van der Waals surface area contributed by atoms with Crippen molar-refractivity contribution in [2.24, 2.45) is 11.8 Å². The van der Waals surface area contributed by atoms with Gasteiger partial charge in [-0.1, -0.05) is 44.2 Å². The number of carbonyl (C=O) groups is 1. The summed E-state index contributed by atoms with van der Waals surface area (Å²) in [7, 11) is 0. The summed E-state index contributed by atoms with van der Waals surface area (Å²) >= 11 is 0. The highest BCUT2D eigenvalue weighted by molar-refractivity contribution is 5.81. The molecule has 0 N–H and O–H groups in total. The Balaban J connectivity index is 2.78. The summed E-state index contributed by atoms with van der Waals surface area (Å²) in [5.74, 6) is -0.570. The number of rotatable bonds is 5. The average Bonchev–Trinajstić information content (AvgIpc) is 2.37. The van der Waals surface area contributed by atoms with Crippen LogP contribution < -0.4 is 0 Å². The Morgan fingerprint density at radius 1 is 1.33 bits per heavy atom. The van der Waals surface area contributed by atoms with Crippen LogP contribution in [-0.2, 0) is 11.3 Å². The Bertz CT molecular complexity index is 420. The van der Waals surface area contributed by atoms with Gasteiger partial charge >= 0.3 is 0 Å². The topological polar surface area (TPSA) is 44.1 Å². The van der Waals surface area contributed by atoms with Gasteiger partial charge in [-0.05, 0) is 18.4 Å². The van der Waals surface area contributed by atoms with Crippen LogP contribution in [0.25, 0.3) is 0 Å². The van der Waals surface area contributed by atoms with Crippen LogP contribution in [0.3, 0.4) is 0 Å². The first-order valence-corrected chi connectivity index (χ1v) is 6.32. The van der Waals surface area contributed by atoms with E-state index in [1.54, 1.807) is 4.90 Å². The van der Waals surface area contributed by atoms with Crippen LogP contribution in [0.5, 0.6) is 0 Å². The van der Waals surface area contributed by atoms with Gasteiger partial charge in [0.2, 0.25) is 5.91 Å². The number of hydrogen-bond donors (Lipinski definition) is 0. The third kappa shape index (κ3) is 3.59. The summed E-state index contributed by atoms with van der Waals surface area (Å²) in [6.45, 7) is 6.94. The molecule has 0 aliphatic carbocycles. The lowest BCUT2D eigenvalue weighted by molar-refractivity contribution is -0.135. The fraction of sp³-hybridized carbons (Fsp3) is 0.467. The van der Waals surface area contributed by atoms with Gasteiger partial charge in [-0.25, -0.2) is 0 Å². The fourth-order valence-electron chi connectivity index (χ4n) is 1.84. The van der Waals surface area contributed by atoms with Crippen molar-refractivity contribution in [2.75, 3.05) is 6.54 Å². The fourth-order valence-corrected chi connectivity index (χ4v) is 1.84. The van der Waals surface area contributed by atoms with E-state index in [9.17, 15) is 4.79 Å². The van der Waals surface area contributed by atoms with Crippen molar-refractivity contribution in [2.45, 2.75) is 27.3 Å². The number of amides is 1. The largest absolute Gasteiger partial charge is 0.338 e. The second-order valence-electron chi connectivity index (χ2n) is 4.69. The Labute approximate surface area is 109 Å². The van der Waals surface area contributed by atoms with Gasteiger partial charge in [-0.15, -0.1) is 0 Å². The SMILES string of the molecule is CCN(Cc1ccccc1)C(=O)C(C#N)C(C)C. The molecule has 1 aromatic carbocycles. The monoisotopic (exact) mass is 244 g/mol. The minimum Gasteiger partial charge on any atom is -0.338 e. The van der Waals surface area contributed by atoms with Gasteiger partial charge in [0, 0.05) is 13.1 Å². The third-order valence-electron chi connectivity index (χ3n) is 2.98. The number of carbonyl (C=O) groups excluding carboxylic acids is 1. The highest BCUT2D eigenvalue weighted by Gasteiger charge is 2.26. The van der Waals surface area contributed by atoms with E-state index in [1.165, 1.54) is 0 Å². The molecular formula is C15H20N2O. The number of nitriles is 1. The first kappa shape index (κ1) is 14.2. The summed E-state index contributed by atoms with van der Waals surface area (Å²) < 4.78 is 0. The van der Waals surface area contributed by atoms with E-state index in [0.717, 1.165) is 5.56 Å². The molecule has 1 rings (SSSR count). The van der Waals surface area contributed by atoms with Crippen molar-refractivity contribution in [3.05, 3.63) is 35.9 Å². The molecule has 3 nitrogen and oxygen atoms in total. The van der Waals surface area contributed by atoms with Gasteiger partial charge < -0.3 is 4.90 Å². The lowest BCUT2D eigenvalue weighted by Crippen LogP contribution is -2.37. The molecule has 1 aromatic rings. The maximum atomic E-state index is 12.3. The predicted octanol–water partition coefficient (Wildman–Crippen LogP) is 2.83. The zero-order chi connectivity index (χ0) is 13.5. The molecule has 0 saturated carbocycles. The van der Waals surface area contributed by atoms with Crippen LogP contribution >= 0.6 is 0 Å². The van der Waals surface area contributed by atoms with E-state index in [0.29, 0.717) is 13.1 Å². The lowest BCUT2D eigenvalue weighted by Gasteiger charge is -2.25. The Morgan fingerprint density at radius 3 is 2.39 bits per heavy atom. The quantitative estimate of drug-likeness (QED) is 0.799. The van der Waals surface area contributed by atoms with Gasteiger partial charge in [0.25, 0.3) is 0 Å². The number of nitrogens with zero attached hydrogens (tertiary/aromatic N) is 2. The molecule has 18 heavy (non-hydrogen) atoms. The summed E-state index contributed by atoms with van der Waals surface area (Å²) in [6, 6.07) is 12.0. The maximum Gasteiger partial charge on any atom is 0.240 e. The molecule has 0 aliphatic rings. The normalized spacial score (nSPS) is 11.9. The van der Waals surface area contributed by atoms with Crippen molar-refractivity contribution in [1.82, 2.24) is 4.90 Å². The minimum atomic E-state index is -0.548. The van der Waals surface area contributed by atoms with E-state index in [1.807, 2.05) is 51.1 Å². The Kier molecular flexibility index (Phi) is 5.38. The summed E-state index contributed by atoms with van der Waals surface area (Å²) in [4.78, 5) is 14.0. The predicted molar refractivity (Wildman–Crippen MR) is 71.5 cm³/mol. The minimum absolute atomic E-state index is 0.0484. The van der Waals surface area contributed by atoms with E-state index in [2.05, 4.69) is 6.07 Å². The van der Waals surface area contributed by atoms with E-state index < -0.39 is 5.92 Å². The van der Waals surface area contributed by atoms with Gasteiger partial charge in [-0.2, -0.15) is 5.26 Å². The summed E-state index contributed by atoms with van der Waals surface area (Å²) in [5, 5.41) is 9.08. The van der Waals surface area contributed by atoms with Crippen LogP contribution in [0.4, 0.5) is 0 Å². The Hall–Kier alpha value is -1.82. The molecule has 0 bridgehead atoms. The molecule has 0 fully saturated rings. The highest BCUT2D eigenvalue weighted by Crippen LogP contribution is 2.15. The number of benzene rings is 1. The molecule has 3 heteroatoms. The molecule has 0 aromatic heterocycles.